The molecule has 118 valence electrons. The summed E-state index contributed by atoms with van der Waals surface area (Å²) in [6.07, 6.45) is 3.82. The van der Waals surface area contributed by atoms with E-state index in [2.05, 4.69) is 36.4 Å². The van der Waals surface area contributed by atoms with Crippen LogP contribution in [0.5, 0.6) is 0 Å². The highest BCUT2D eigenvalue weighted by Crippen LogP contribution is 2.14. The minimum absolute atomic E-state index is 0.164. The molecule has 1 heterocycles. The highest BCUT2D eigenvalue weighted by atomic mass is 16.3. The number of amides is 2. The van der Waals surface area contributed by atoms with Crippen molar-refractivity contribution >= 4 is 6.03 Å². The van der Waals surface area contributed by atoms with Gasteiger partial charge in [0.25, 0.3) is 0 Å². The first-order chi connectivity index (χ1) is 9.56. The normalized spacial score (nSPS) is 21.8. The number of urea groups is 1. The minimum Gasteiger partial charge on any atom is -0.391 e. The molecule has 0 aromatic rings. The topological polar surface area (TPSA) is 64.6 Å². The summed E-state index contributed by atoms with van der Waals surface area (Å²) in [5.41, 5.74) is 0. The van der Waals surface area contributed by atoms with Crippen LogP contribution >= 0.6 is 0 Å². The van der Waals surface area contributed by atoms with Crippen molar-refractivity contribution < 1.29 is 9.90 Å². The Morgan fingerprint density at radius 1 is 1.35 bits per heavy atom. The van der Waals surface area contributed by atoms with Crippen molar-refractivity contribution in [2.45, 2.75) is 45.6 Å². The summed E-state index contributed by atoms with van der Waals surface area (Å²) in [7, 11) is 2.12. The molecule has 5 heteroatoms. The number of aliphatic hydroxyl groups is 1. The number of nitrogens with one attached hydrogen (secondary N) is 2. The van der Waals surface area contributed by atoms with Crippen LogP contribution in [0, 0.1) is 11.8 Å². The van der Waals surface area contributed by atoms with Crippen LogP contribution in [0.15, 0.2) is 0 Å². The number of piperidine rings is 1. The molecular formula is C15H31N3O2. The zero-order chi connectivity index (χ0) is 15.0. The van der Waals surface area contributed by atoms with Gasteiger partial charge in [0.2, 0.25) is 0 Å². The largest absolute Gasteiger partial charge is 0.391 e. The Morgan fingerprint density at radius 3 is 2.65 bits per heavy atom. The molecular weight excluding hydrogens is 254 g/mol. The average molecular weight is 285 g/mol. The van der Waals surface area contributed by atoms with Crippen molar-refractivity contribution in [1.29, 1.82) is 0 Å². The van der Waals surface area contributed by atoms with Crippen LogP contribution < -0.4 is 10.6 Å². The third kappa shape index (κ3) is 6.09. The molecule has 0 aromatic carbocycles. The predicted molar refractivity (Wildman–Crippen MR) is 81.7 cm³/mol. The summed E-state index contributed by atoms with van der Waals surface area (Å²) in [4.78, 5) is 14.0. The van der Waals surface area contributed by atoms with Gasteiger partial charge in [0, 0.05) is 19.6 Å². The Hall–Kier alpha value is -0.810. The summed E-state index contributed by atoms with van der Waals surface area (Å²) in [5.74, 6) is 0.811. The van der Waals surface area contributed by atoms with Crippen LogP contribution in [0.25, 0.3) is 0 Å². The van der Waals surface area contributed by atoms with Gasteiger partial charge in [0.1, 0.15) is 0 Å². The highest BCUT2D eigenvalue weighted by molar-refractivity contribution is 5.73. The van der Waals surface area contributed by atoms with Crippen molar-refractivity contribution in [3.63, 3.8) is 0 Å². The van der Waals surface area contributed by atoms with Crippen LogP contribution in [0.3, 0.4) is 0 Å². The molecule has 1 rings (SSSR count). The van der Waals surface area contributed by atoms with Gasteiger partial charge in [-0.3, -0.25) is 0 Å². The first kappa shape index (κ1) is 17.2. The summed E-state index contributed by atoms with van der Waals surface area (Å²) in [5, 5.41) is 15.6. The van der Waals surface area contributed by atoms with E-state index in [1.165, 1.54) is 12.8 Å². The Balaban J connectivity index is 2.16. The maximum absolute atomic E-state index is 11.7. The lowest BCUT2D eigenvalue weighted by Gasteiger charge is -2.29. The van der Waals surface area contributed by atoms with Crippen LogP contribution in [0.1, 0.15) is 39.5 Å². The van der Waals surface area contributed by atoms with Crippen LogP contribution in [0.2, 0.25) is 0 Å². The highest BCUT2D eigenvalue weighted by Gasteiger charge is 2.19. The molecule has 2 unspecified atom stereocenters. The minimum atomic E-state index is -0.448. The van der Waals surface area contributed by atoms with E-state index in [-0.39, 0.29) is 11.9 Å². The Labute approximate surface area is 123 Å². The van der Waals surface area contributed by atoms with Gasteiger partial charge < -0.3 is 20.6 Å². The lowest BCUT2D eigenvalue weighted by molar-refractivity contribution is 0.103. The van der Waals surface area contributed by atoms with E-state index in [0.29, 0.717) is 12.5 Å². The molecule has 5 nitrogen and oxygen atoms in total. The van der Waals surface area contributed by atoms with E-state index in [9.17, 15) is 9.90 Å². The monoisotopic (exact) mass is 285 g/mol. The third-order valence-corrected chi connectivity index (χ3v) is 4.34. The summed E-state index contributed by atoms with van der Waals surface area (Å²) < 4.78 is 0. The van der Waals surface area contributed by atoms with Gasteiger partial charge in [0.15, 0.2) is 0 Å². The summed E-state index contributed by atoms with van der Waals surface area (Å²) in [6, 6.07) is -0.164. The number of carbonyl (C=O) groups excluding carboxylic acids is 1. The van der Waals surface area contributed by atoms with E-state index in [0.717, 1.165) is 32.5 Å². The van der Waals surface area contributed by atoms with Gasteiger partial charge >= 0.3 is 6.03 Å². The molecule has 0 radical (unpaired) electrons. The van der Waals surface area contributed by atoms with Crippen molar-refractivity contribution in [2.75, 3.05) is 33.2 Å². The summed E-state index contributed by atoms with van der Waals surface area (Å²) >= 11 is 0. The number of likely N-dealkylation sites (tertiary alicyclic amines) is 1. The second-order valence-electron chi connectivity index (χ2n) is 6.01. The number of nitrogens with zero attached hydrogens (tertiary/aromatic N) is 1. The van der Waals surface area contributed by atoms with Crippen molar-refractivity contribution in [1.82, 2.24) is 15.5 Å². The molecule has 2 atom stereocenters. The number of aliphatic hydroxyl groups excluding tert-OH is 1. The molecule has 1 saturated heterocycles. The molecule has 1 aliphatic rings. The SMILES string of the molecule is CCC(CC)C(O)CNC(=O)NCC1CCCN(C)C1. The first-order valence-electron chi connectivity index (χ1n) is 7.95. The van der Waals surface area contributed by atoms with Gasteiger partial charge in [0.05, 0.1) is 6.10 Å². The van der Waals surface area contributed by atoms with E-state index >= 15 is 0 Å². The van der Waals surface area contributed by atoms with Crippen LogP contribution in [0.4, 0.5) is 4.79 Å². The average Bonchev–Trinajstić information content (AvgIpc) is 2.44. The molecule has 0 bridgehead atoms. The van der Waals surface area contributed by atoms with Crippen molar-refractivity contribution in [3.8, 4) is 0 Å². The van der Waals surface area contributed by atoms with E-state index < -0.39 is 6.10 Å². The van der Waals surface area contributed by atoms with Crippen LogP contribution in [-0.4, -0.2) is 55.4 Å². The van der Waals surface area contributed by atoms with Gasteiger partial charge in [-0.1, -0.05) is 26.7 Å². The molecule has 20 heavy (non-hydrogen) atoms. The number of hydrogen-bond donors (Lipinski definition) is 3. The molecule has 0 spiro atoms. The number of hydrogen-bond acceptors (Lipinski definition) is 3. The molecule has 0 saturated carbocycles. The Morgan fingerprint density at radius 2 is 2.05 bits per heavy atom. The lowest BCUT2D eigenvalue weighted by Crippen LogP contribution is -2.45. The van der Waals surface area contributed by atoms with Crippen LogP contribution in [-0.2, 0) is 0 Å². The van der Waals surface area contributed by atoms with Gasteiger partial charge in [-0.05, 0) is 38.3 Å². The first-order valence-corrected chi connectivity index (χ1v) is 7.95. The van der Waals surface area contributed by atoms with Gasteiger partial charge in [-0.2, -0.15) is 0 Å². The maximum atomic E-state index is 11.7. The molecule has 1 fully saturated rings. The van der Waals surface area contributed by atoms with E-state index in [1.807, 2.05) is 0 Å². The summed E-state index contributed by atoms with van der Waals surface area (Å²) in [6.45, 7) is 7.40. The molecule has 0 aromatic heterocycles. The second-order valence-corrected chi connectivity index (χ2v) is 6.01. The quantitative estimate of drug-likeness (QED) is 0.663. The number of rotatable bonds is 7. The second kappa shape index (κ2) is 9.19. The standard InChI is InChI=1S/C15H31N3O2/c1-4-13(5-2)14(19)10-17-15(20)16-9-12-7-6-8-18(3)11-12/h12-14,19H,4-11H2,1-3H3,(H2,16,17,20). The fourth-order valence-electron chi connectivity index (χ4n) is 2.94. The van der Waals surface area contributed by atoms with Gasteiger partial charge in [-0.15, -0.1) is 0 Å². The third-order valence-electron chi connectivity index (χ3n) is 4.34. The fourth-order valence-corrected chi connectivity index (χ4v) is 2.94. The van der Waals surface area contributed by atoms with Crippen molar-refractivity contribution in [2.24, 2.45) is 11.8 Å². The number of carbonyl (C=O) groups is 1. The lowest BCUT2D eigenvalue weighted by atomic mass is 9.97. The van der Waals surface area contributed by atoms with E-state index in [1.54, 1.807) is 0 Å². The smallest absolute Gasteiger partial charge is 0.314 e. The zero-order valence-electron chi connectivity index (χ0n) is 13.2. The molecule has 1 aliphatic heterocycles. The van der Waals surface area contributed by atoms with Gasteiger partial charge in [-0.25, -0.2) is 4.79 Å². The maximum Gasteiger partial charge on any atom is 0.314 e. The Bertz CT molecular complexity index is 274. The fraction of sp³-hybridized carbons (Fsp3) is 0.933. The molecule has 0 aliphatic carbocycles. The Kier molecular flexibility index (Phi) is 7.92. The molecule has 3 N–H and O–H groups in total. The van der Waals surface area contributed by atoms with Crippen molar-refractivity contribution in [3.05, 3.63) is 0 Å². The van der Waals surface area contributed by atoms with E-state index in [4.69, 9.17) is 0 Å². The zero-order valence-corrected chi connectivity index (χ0v) is 13.2. The molecule has 2 amide bonds. The predicted octanol–water partition coefficient (Wildman–Crippen LogP) is 1.42.